The summed E-state index contributed by atoms with van der Waals surface area (Å²) in [6.07, 6.45) is 10.2. The van der Waals surface area contributed by atoms with E-state index >= 15 is 0 Å². The molecular weight excluding hydrogens is 467 g/mol. The minimum absolute atomic E-state index is 0.0799. The molecule has 0 unspecified atom stereocenters. The summed E-state index contributed by atoms with van der Waals surface area (Å²) in [5.74, 6) is 1.54. The van der Waals surface area contributed by atoms with Crippen LogP contribution in [0.1, 0.15) is 36.3 Å². The number of anilines is 2. The van der Waals surface area contributed by atoms with E-state index in [1.807, 2.05) is 26.0 Å². The van der Waals surface area contributed by atoms with E-state index in [4.69, 9.17) is 5.11 Å². The van der Waals surface area contributed by atoms with E-state index in [2.05, 4.69) is 45.9 Å². The van der Waals surface area contributed by atoms with Crippen LogP contribution in [0, 0.1) is 25.6 Å². The molecule has 4 heterocycles. The van der Waals surface area contributed by atoms with Crippen LogP contribution < -0.4 is 10.6 Å². The molecule has 1 saturated carbocycles. The Morgan fingerprint density at radius 3 is 2.56 bits per heavy atom. The Bertz CT molecular complexity index is 1240. The van der Waals surface area contributed by atoms with Gasteiger partial charge in [-0.25, -0.2) is 24.0 Å². The van der Waals surface area contributed by atoms with Gasteiger partial charge in [0, 0.05) is 36.7 Å². The van der Waals surface area contributed by atoms with Crippen molar-refractivity contribution in [3.63, 3.8) is 0 Å². The van der Waals surface area contributed by atoms with E-state index in [1.54, 1.807) is 12.4 Å². The van der Waals surface area contributed by atoms with E-state index < -0.39 is 5.82 Å². The average molecular weight is 497 g/mol. The highest BCUT2D eigenvalue weighted by Crippen LogP contribution is 2.26. The molecule has 0 aliphatic heterocycles. The summed E-state index contributed by atoms with van der Waals surface area (Å²) in [5.41, 5.74) is 2.59. The van der Waals surface area contributed by atoms with Crippen molar-refractivity contribution in [1.29, 1.82) is 0 Å². The van der Waals surface area contributed by atoms with Crippen molar-refractivity contribution in [2.24, 2.45) is 5.92 Å². The van der Waals surface area contributed by atoms with Crippen molar-refractivity contribution < 1.29 is 14.3 Å². The highest BCUT2D eigenvalue weighted by Gasteiger charge is 2.24. The van der Waals surface area contributed by atoms with E-state index in [1.165, 1.54) is 17.1 Å². The number of aromatic amines is 1. The first-order chi connectivity index (χ1) is 17.5. The number of halogens is 1. The topological polar surface area (TPSA) is 159 Å². The lowest BCUT2D eigenvalue weighted by atomic mass is 9.85. The molecule has 13 heteroatoms. The number of hydrogen-bond donors (Lipinski definition) is 4. The fourth-order valence-electron chi connectivity index (χ4n) is 3.08. The minimum Gasteiger partial charge on any atom is -0.400 e. The molecule has 0 aromatic carbocycles. The van der Waals surface area contributed by atoms with Crippen LogP contribution >= 0.6 is 0 Å². The van der Waals surface area contributed by atoms with Crippen molar-refractivity contribution in [3.8, 4) is 5.82 Å². The SMILES string of the molecule is CO.Cc1ccnc(Nc2cc(C)[nH]n2)n1.O=C(NCc1cnc(-n2cc(F)cn2)cn1)C1CCC1. The Morgan fingerprint density at radius 1 is 1.19 bits per heavy atom. The van der Waals surface area contributed by atoms with Crippen LogP contribution in [0.25, 0.3) is 5.82 Å². The monoisotopic (exact) mass is 496 g/mol. The highest BCUT2D eigenvalue weighted by atomic mass is 19.1. The van der Waals surface area contributed by atoms with Gasteiger partial charge in [-0.05, 0) is 32.8 Å². The standard InChI is InChI=1S/C13H14FN5O.C9H11N5.CH4O/c14-10-4-18-19(8-10)12-7-15-11(5-16-12)6-17-13(20)9-2-1-3-9;1-6-3-4-10-9(11-6)12-8-5-7(2)13-14-8;1-2/h4-5,7-9H,1-3,6H2,(H,17,20);3-5H,1-2H3,(H2,10,11,12,13,14);2H,1H3. The second-order valence-electron chi connectivity index (χ2n) is 7.90. The Hall–Kier alpha value is -4.26. The first-order valence-electron chi connectivity index (χ1n) is 11.3. The zero-order valence-corrected chi connectivity index (χ0v) is 20.3. The van der Waals surface area contributed by atoms with Crippen LogP contribution in [0.4, 0.5) is 16.2 Å². The van der Waals surface area contributed by atoms with Crippen LogP contribution in [0.2, 0.25) is 0 Å². The van der Waals surface area contributed by atoms with Gasteiger partial charge in [-0.2, -0.15) is 10.2 Å². The second kappa shape index (κ2) is 13.0. The quantitative estimate of drug-likeness (QED) is 0.314. The molecule has 0 bridgehead atoms. The van der Waals surface area contributed by atoms with Crippen LogP contribution in [0.5, 0.6) is 0 Å². The highest BCUT2D eigenvalue weighted by molar-refractivity contribution is 5.79. The molecule has 12 nitrogen and oxygen atoms in total. The summed E-state index contributed by atoms with van der Waals surface area (Å²) >= 11 is 0. The zero-order valence-electron chi connectivity index (χ0n) is 20.3. The molecule has 1 fully saturated rings. The predicted molar refractivity (Wildman–Crippen MR) is 130 cm³/mol. The molecule has 5 rings (SSSR count). The largest absolute Gasteiger partial charge is 0.400 e. The molecule has 1 amide bonds. The third kappa shape index (κ3) is 7.63. The van der Waals surface area contributed by atoms with Gasteiger partial charge in [0.2, 0.25) is 11.9 Å². The fourth-order valence-corrected chi connectivity index (χ4v) is 3.08. The fraction of sp³-hybridized carbons (Fsp3) is 0.348. The lowest BCUT2D eigenvalue weighted by molar-refractivity contribution is -0.127. The van der Waals surface area contributed by atoms with Gasteiger partial charge in [-0.15, -0.1) is 0 Å². The van der Waals surface area contributed by atoms with Crippen molar-refractivity contribution >= 4 is 17.7 Å². The summed E-state index contributed by atoms with van der Waals surface area (Å²) in [6, 6.07) is 3.74. The molecule has 1 aliphatic rings. The number of nitrogens with one attached hydrogen (secondary N) is 3. The third-order valence-corrected chi connectivity index (χ3v) is 5.14. The molecule has 4 N–H and O–H groups in total. The number of aryl methyl sites for hydroxylation is 2. The van der Waals surface area contributed by atoms with E-state index in [0.717, 1.165) is 49.8 Å². The molecule has 1 aliphatic carbocycles. The lowest BCUT2D eigenvalue weighted by Crippen LogP contribution is -2.34. The smallest absolute Gasteiger partial charge is 0.228 e. The van der Waals surface area contributed by atoms with Gasteiger partial charge in [0.05, 0.1) is 37.0 Å². The summed E-state index contributed by atoms with van der Waals surface area (Å²) < 4.78 is 14.1. The van der Waals surface area contributed by atoms with Gasteiger partial charge in [-0.1, -0.05) is 6.42 Å². The summed E-state index contributed by atoms with van der Waals surface area (Å²) in [5, 5.41) is 23.5. The number of hydrogen-bond acceptors (Lipinski definition) is 9. The van der Waals surface area contributed by atoms with Crippen molar-refractivity contribution in [2.45, 2.75) is 39.7 Å². The second-order valence-corrected chi connectivity index (χ2v) is 7.90. The van der Waals surface area contributed by atoms with Crippen molar-refractivity contribution in [1.82, 2.24) is 45.2 Å². The number of carbonyl (C=O) groups is 1. The molecule has 36 heavy (non-hydrogen) atoms. The Kier molecular flexibility index (Phi) is 9.51. The van der Waals surface area contributed by atoms with Crippen molar-refractivity contribution in [3.05, 3.63) is 66.0 Å². The van der Waals surface area contributed by atoms with E-state index in [-0.39, 0.29) is 11.8 Å². The molecular formula is C23H29FN10O2. The summed E-state index contributed by atoms with van der Waals surface area (Å²) in [7, 11) is 1.00. The minimum atomic E-state index is -0.427. The van der Waals surface area contributed by atoms with E-state index in [9.17, 15) is 9.18 Å². The first kappa shape index (κ1) is 26.3. The normalized spacial score (nSPS) is 12.4. The number of H-pyrrole nitrogens is 1. The maximum atomic E-state index is 12.8. The Morgan fingerprint density at radius 2 is 2.00 bits per heavy atom. The molecule has 190 valence electrons. The first-order valence-corrected chi connectivity index (χ1v) is 11.3. The van der Waals surface area contributed by atoms with Gasteiger partial charge < -0.3 is 15.7 Å². The molecule has 0 atom stereocenters. The van der Waals surface area contributed by atoms with Crippen LogP contribution in [0.3, 0.4) is 0 Å². The summed E-state index contributed by atoms with van der Waals surface area (Å²) in [6.45, 7) is 4.22. The Balaban J connectivity index is 0.000000198. The number of aromatic nitrogens is 8. The molecule has 4 aromatic heterocycles. The van der Waals surface area contributed by atoms with Crippen molar-refractivity contribution in [2.75, 3.05) is 12.4 Å². The van der Waals surface area contributed by atoms with E-state index in [0.29, 0.717) is 24.0 Å². The Labute approximate surface area is 207 Å². The number of amides is 1. The third-order valence-electron chi connectivity index (χ3n) is 5.14. The van der Waals surface area contributed by atoms with Crippen LogP contribution in [0.15, 0.2) is 43.1 Å². The average Bonchev–Trinajstić information content (AvgIpc) is 3.46. The maximum Gasteiger partial charge on any atom is 0.228 e. The number of carbonyl (C=O) groups excluding carboxylic acids is 1. The molecule has 4 aromatic rings. The van der Waals surface area contributed by atoms with Crippen LogP contribution in [-0.4, -0.2) is 58.0 Å². The van der Waals surface area contributed by atoms with Crippen LogP contribution in [-0.2, 0) is 11.3 Å². The molecule has 0 saturated heterocycles. The number of aliphatic hydroxyl groups excluding tert-OH is 1. The predicted octanol–water partition coefficient (Wildman–Crippen LogP) is 2.39. The molecule has 0 radical (unpaired) electrons. The summed E-state index contributed by atoms with van der Waals surface area (Å²) in [4.78, 5) is 28.3. The molecule has 0 spiro atoms. The number of aliphatic hydroxyl groups is 1. The van der Waals surface area contributed by atoms with Gasteiger partial charge in [0.25, 0.3) is 0 Å². The zero-order chi connectivity index (χ0) is 25.9. The maximum absolute atomic E-state index is 12.8. The van der Waals surface area contributed by atoms with Gasteiger partial charge in [0.15, 0.2) is 17.5 Å². The van der Waals surface area contributed by atoms with Gasteiger partial charge in [-0.3, -0.25) is 14.9 Å². The van der Waals surface area contributed by atoms with Gasteiger partial charge >= 0.3 is 0 Å². The number of nitrogens with zero attached hydrogens (tertiary/aromatic N) is 7. The van der Waals surface area contributed by atoms with Gasteiger partial charge in [0.1, 0.15) is 0 Å². The lowest BCUT2D eigenvalue weighted by Gasteiger charge is -2.23. The number of rotatable bonds is 6.